The Morgan fingerprint density at radius 1 is 1.33 bits per heavy atom. The number of esters is 1. The molecule has 1 unspecified atom stereocenters. The van der Waals surface area contributed by atoms with Gasteiger partial charge in [-0.05, 0) is 5.41 Å². The number of hydrogen-bond donors (Lipinski definition) is 1. The fourth-order valence-electron chi connectivity index (χ4n) is 0.481. The molecule has 0 aliphatic carbocycles. The van der Waals surface area contributed by atoms with Crippen molar-refractivity contribution in [1.82, 2.24) is 0 Å². The van der Waals surface area contributed by atoms with Crippen LogP contribution in [-0.2, 0) is 9.53 Å². The van der Waals surface area contributed by atoms with Crippen LogP contribution in [0.5, 0.6) is 0 Å². The quantitative estimate of drug-likeness (QED) is 0.615. The van der Waals surface area contributed by atoms with Crippen LogP contribution in [-0.4, -0.2) is 19.1 Å². The van der Waals surface area contributed by atoms with E-state index in [0.29, 0.717) is 0 Å². The van der Waals surface area contributed by atoms with E-state index in [1.54, 1.807) is 0 Å². The lowest BCUT2D eigenvalue weighted by atomic mass is 9.88. The SMILES string of the molecule is CC.COC(=O)C(N)C(C)(C)C. The predicted molar refractivity (Wildman–Crippen MR) is 50.8 cm³/mol. The normalized spacial score (nSPS) is 12.6. The van der Waals surface area contributed by atoms with Crippen molar-refractivity contribution in [2.75, 3.05) is 7.11 Å². The maximum absolute atomic E-state index is 10.8. The van der Waals surface area contributed by atoms with Crippen LogP contribution in [0.4, 0.5) is 0 Å². The van der Waals surface area contributed by atoms with Gasteiger partial charge in [0.2, 0.25) is 0 Å². The molecule has 0 spiro atoms. The summed E-state index contributed by atoms with van der Waals surface area (Å²) in [6.07, 6.45) is 0. The standard InChI is InChI=1S/C7H15NO2.C2H6/c1-7(2,3)5(8)6(9)10-4;1-2/h5H,8H2,1-4H3;1-2H3. The molecule has 0 aromatic carbocycles. The molecule has 0 radical (unpaired) electrons. The van der Waals surface area contributed by atoms with Crippen molar-refractivity contribution >= 4 is 5.97 Å². The minimum atomic E-state index is -0.530. The van der Waals surface area contributed by atoms with Crippen molar-refractivity contribution in [3.05, 3.63) is 0 Å². The Morgan fingerprint density at radius 3 is 1.75 bits per heavy atom. The van der Waals surface area contributed by atoms with Gasteiger partial charge in [-0.1, -0.05) is 34.6 Å². The van der Waals surface area contributed by atoms with Crippen LogP contribution >= 0.6 is 0 Å². The first kappa shape index (κ1) is 14.0. The second-order valence-electron chi connectivity index (χ2n) is 3.37. The smallest absolute Gasteiger partial charge is 0.323 e. The number of ether oxygens (including phenoxy) is 1. The molecule has 0 aliphatic heterocycles. The maximum Gasteiger partial charge on any atom is 0.323 e. The van der Waals surface area contributed by atoms with Crippen LogP contribution < -0.4 is 5.73 Å². The minimum Gasteiger partial charge on any atom is -0.468 e. The van der Waals surface area contributed by atoms with Crippen molar-refractivity contribution in [2.45, 2.75) is 40.7 Å². The summed E-state index contributed by atoms with van der Waals surface area (Å²) < 4.78 is 4.47. The van der Waals surface area contributed by atoms with E-state index in [9.17, 15) is 4.79 Å². The highest BCUT2D eigenvalue weighted by molar-refractivity contribution is 5.76. The predicted octanol–water partition coefficient (Wildman–Crippen LogP) is 1.56. The average molecular weight is 175 g/mol. The number of hydrogen-bond acceptors (Lipinski definition) is 3. The van der Waals surface area contributed by atoms with Gasteiger partial charge >= 0.3 is 5.97 Å². The molecule has 0 amide bonds. The molecule has 0 aromatic rings. The first-order valence-electron chi connectivity index (χ1n) is 4.23. The summed E-state index contributed by atoms with van der Waals surface area (Å²) in [5.41, 5.74) is 5.32. The molecule has 0 aromatic heterocycles. The molecule has 0 saturated carbocycles. The molecule has 12 heavy (non-hydrogen) atoms. The van der Waals surface area contributed by atoms with Crippen LogP contribution in [0.2, 0.25) is 0 Å². The van der Waals surface area contributed by atoms with Gasteiger partial charge in [-0.2, -0.15) is 0 Å². The van der Waals surface area contributed by atoms with E-state index < -0.39 is 6.04 Å². The lowest BCUT2D eigenvalue weighted by Crippen LogP contribution is -2.42. The molecule has 0 heterocycles. The van der Waals surface area contributed by atoms with Crippen LogP contribution in [0.1, 0.15) is 34.6 Å². The molecule has 3 nitrogen and oxygen atoms in total. The molecule has 3 heteroatoms. The summed E-state index contributed by atoms with van der Waals surface area (Å²) in [6, 6.07) is -0.530. The van der Waals surface area contributed by atoms with Crippen LogP contribution in [0, 0.1) is 5.41 Å². The molecule has 0 bridgehead atoms. The Bertz CT molecular complexity index is 127. The summed E-state index contributed by atoms with van der Waals surface area (Å²) >= 11 is 0. The minimum absolute atomic E-state index is 0.215. The monoisotopic (exact) mass is 175 g/mol. The van der Waals surface area contributed by atoms with Gasteiger partial charge in [-0.25, -0.2) is 0 Å². The van der Waals surface area contributed by atoms with Gasteiger partial charge in [0.05, 0.1) is 7.11 Å². The van der Waals surface area contributed by atoms with Gasteiger partial charge in [-0.3, -0.25) is 4.79 Å². The molecule has 2 N–H and O–H groups in total. The number of carbonyl (C=O) groups is 1. The summed E-state index contributed by atoms with van der Waals surface area (Å²) in [4.78, 5) is 10.8. The second-order valence-corrected chi connectivity index (χ2v) is 3.37. The Morgan fingerprint density at radius 2 is 1.67 bits per heavy atom. The van der Waals surface area contributed by atoms with E-state index in [2.05, 4.69) is 4.74 Å². The second kappa shape index (κ2) is 6.00. The summed E-state index contributed by atoms with van der Waals surface area (Å²) in [5.74, 6) is -0.354. The lowest BCUT2D eigenvalue weighted by Gasteiger charge is -2.23. The molecule has 0 aliphatic rings. The third kappa shape index (κ3) is 5.13. The van der Waals surface area contributed by atoms with Crippen molar-refractivity contribution in [3.8, 4) is 0 Å². The Balaban J connectivity index is 0. The van der Waals surface area contributed by atoms with E-state index in [4.69, 9.17) is 5.73 Å². The third-order valence-electron chi connectivity index (χ3n) is 1.39. The average Bonchev–Trinajstić information content (AvgIpc) is 2.04. The highest BCUT2D eigenvalue weighted by atomic mass is 16.5. The number of carbonyl (C=O) groups excluding carboxylic acids is 1. The number of rotatable bonds is 1. The van der Waals surface area contributed by atoms with Crippen molar-refractivity contribution in [3.63, 3.8) is 0 Å². The lowest BCUT2D eigenvalue weighted by molar-refractivity contribution is -0.144. The molecule has 0 rings (SSSR count). The van der Waals surface area contributed by atoms with Gasteiger partial charge in [0.1, 0.15) is 6.04 Å². The van der Waals surface area contributed by atoms with E-state index in [1.807, 2.05) is 34.6 Å². The fraction of sp³-hybridized carbons (Fsp3) is 0.889. The highest BCUT2D eigenvalue weighted by Gasteiger charge is 2.27. The van der Waals surface area contributed by atoms with Crippen molar-refractivity contribution in [2.24, 2.45) is 11.1 Å². The van der Waals surface area contributed by atoms with Gasteiger partial charge in [0, 0.05) is 0 Å². The van der Waals surface area contributed by atoms with E-state index in [-0.39, 0.29) is 11.4 Å². The number of nitrogens with two attached hydrogens (primary N) is 1. The molecule has 0 saturated heterocycles. The molecule has 1 atom stereocenters. The van der Waals surface area contributed by atoms with Gasteiger partial charge in [-0.15, -0.1) is 0 Å². The van der Waals surface area contributed by atoms with Crippen molar-refractivity contribution in [1.29, 1.82) is 0 Å². The highest BCUT2D eigenvalue weighted by Crippen LogP contribution is 2.17. The molecular weight excluding hydrogens is 154 g/mol. The van der Waals surface area contributed by atoms with Crippen molar-refractivity contribution < 1.29 is 9.53 Å². The van der Waals surface area contributed by atoms with E-state index in [1.165, 1.54) is 7.11 Å². The summed E-state index contributed by atoms with van der Waals surface area (Å²) in [6.45, 7) is 9.69. The Labute approximate surface area is 75.3 Å². The Hall–Kier alpha value is -0.570. The molecular formula is C9H21NO2. The maximum atomic E-state index is 10.8. The van der Waals surface area contributed by atoms with E-state index in [0.717, 1.165) is 0 Å². The topological polar surface area (TPSA) is 52.3 Å². The third-order valence-corrected chi connectivity index (χ3v) is 1.39. The fourth-order valence-corrected chi connectivity index (χ4v) is 0.481. The first-order chi connectivity index (χ1) is 5.39. The summed E-state index contributed by atoms with van der Waals surface area (Å²) in [7, 11) is 1.34. The Kier molecular flexibility index (Phi) is 6.99. The van der Waals surface area contributed by atoms with E-state index >= 15 is 0 Å². The first-order valence-corrected chi connectivity index (χ1v) is 4.23. The van der Waals surface area contributed by atoms with Gasteiger partial charge < -0.3 is 10.5 Å². The molecule has 74 valence electrons. The zero-order valence-electron chi connectivity index (χ0n) is 8.97. The van der Waals surface area contributed by atoms with Crippen LogP contribution in [0.15, 0.2) is 0 Å². The van der Waals surface area contributed by atoms with Crippen LogP contribution in [0.3, 0.4) is 0 Å². The zero-order chi connectivity index (χ0) is 10.4. The largest absolute Gasteiger partial charge is 0.468 e. The zero-order valence-corrected chi connectivity index (χ0v) is 8.97. The van der Waals surface area contributed by atoms with Crippen LogP contribution in [0.25, 0.3) is 0 Å². The number of methoxy groups -OCH3 is 1. The molecule has 0 fully saturated rings. The van der Waals surface area contributed by atoms with Gasteiger partial charge in [0.25, 0.3) is 0 Å². The summed E-state index contributed by atoms with van der Waals surface area (Å²) in [5, 5.41) is 0. The van der Waals surface area contributed by atoms with Gasteiger partial charge in [0.15, 0.2) is 0 Å².